The summed E-state index contributed by atoms with van der Waals surface area (Å²) in [5.74, 6) is 1.84. The van der Waals surface area contributed by atoms with E-state index in [4.69, 9.17) is 19.4 Å². The zero-order valence-corrected chi connectivity index (χ0v) is 30.2. The summed E-state index contributed by atoms with van der Waals surface area (Å²) < 4.78 is 8.94. The summed E-state index contributed by atoms with van der Waals surface area (Å²) in [4.78, 5) is 15.2. The largest absolute Gasteiger partial charge is 0.456 e. The lowest BCUT2D eigenvalue weighted by molar-refractivity contribution is 0.669. The number of hydrogen-bond acceptors (Lipinski definition) is 4. The quantitative estimate of drug-likeness (QED) is 0.172. The molecule has 0 saturated carbocycles. The Morgan fingerprint density at radius 3 is 1.54 bits per heavy atom. The van der Waals surface area contributed by atoms with Gasteiger partial charge in [-0.25, -0.2) is 15.0 Å². The van der Waals surface area contributed by atoms with E-state index in [9.17, 15) is 0 Å². The molecule has 0 N–H and O–H groups in total. The molecule has 0 bridgehead atoms. The third kappa shape index (κ3) is 5.29. The van der Waals surface area contributed by atoms with Crippen molar-refractivity contribution in [2.75, 3.05) is 0 Å². The molecule has 0 spiro atoms. The first kappa shape index (κ1) is 31.9. The third-order valence-electron chi connectivity index (χ3n) is 10.7. The lowest BCUT2D eigenvalue weighted by Crippen LogP contribution is -2.00. The molecule has 11 rings (SSSR count). The van der Waals surface area contributed by atoms with Gasteiger partial charge in [0.1, 0.15) is 11.2 Å². The highest BCUT2D eigenvalue weighted by Gasteiger charge is 2.20. The normalized spacial score (nSPS) is 11.6. The van der Waals surface area contributed by atoms with Gasteiger partial charge < -0.3 is 8.98 Å². The van der Waals surface area contributed by atoms with Crippen LogP contribution < -0.4 is 0 Å². The minimum atomic E-state index is 0.598. The number of rotatable bonds is 6. The van der Waals surface area contributed by atoms with Crippen LogP contribution in [0, 0.1) is 0 Å². The molecule has 0 aliphatic heterocycles. The van der Waals surface area contributed by atoms with Crippen molar-refractivity contribution >= 4 is 43.7 Å². The van der Waals surface area contributed by atoms with E-state index in [-0.39, 0.29) is 0 Å². The number of benzene rings is 8. The van der Waals surface area contributed by atoms with Crippen molar-refractivity contribution in [2.24, 2.45) is 0 Å². The summed E-state index contributed by atoms with van der Waals surface area (Å²) in [7, 11) is 0. The van der Waals surface area contributed by atoms with Gasteiger partial charge in [-0.05, 0) is 59.2 Å². The fourth-order valence-electron chi connectivity index (χ4n) is 8.06. The lowest BCUT2D eigenvalue weighted by Gasteiger charge is -2.15. The second-order valence-corrected chi connectivity index (χ2v) is 14.0. The van der Waals surface area contributed by atoms with Crippen LogP contribution >= 0.6 is 0 Å². The minimum absolute atomic E-state index is 0.598. The Bertz CT molecular complexity index is 3180. The molecule has 8 aromatic carbocycles. The summed E-state index contributed by atoms with van der Waals surface area (Å²) in [6, 6.07) is 67.4. The van der Waals surface area contributed by atoms with E-state index in [2.05, 4.69) is 150 Å². The number of fused-ring (bicyclic) bond motifs is 6. The van der Waals surface area contributed by atoms with E-state index in [1.807, 2.05) is 48.5 Å². The monoisotopic (exact) mass is 716 g/mol. The van der Waals surface area contributed by atoms with Gasteiger partial charge in [-0.2, -0.15) is 0 Å². The van der Waals surface area contributed by atoms with Gasteiger partial charge in [0.05, 0.1) is 16.7 Å². The number of aromatic nitrogens is 4. The highest BCUT2D eigenvalue weighted by atomic mass is 16.3. The van der Waals surface area contributed by atoms with E-state index in [1.165, 1.54) is 21.8 Å². The van der Waals surface area contributed by atoms with Crippen LogP contribution in [0.5, 0.6) is 0 Å². The van der Waals surface area contributed by atoms with E-state index in [1.54, 1.807) is 0 Å². The van der Waals surface area contributed by atoms with Crippen molar-refractivity contribution in [2.45, 2.75) is 0 Å². The Labute approximate surface area is 322 Å². The van der Waals surface area contributed by atoms with Gasteiger partial charge in [-0.15, -0.1) is 0 Å². The van der Waals surface area contributed by atoms with Crippen LogP contribution in [0.3, 0.4) is 0 Å². The smallest absolute Gasteiger partial charge is 0.164 e. The fraction of sp³-hybridized carbons (Fsp3) is 0. The Kier molecular flexibility index (Phi) is 7.42. The molecule has 0 unspecified atom stereocenters. The van der Waals surface area contributed by atoms with E-state index in [0.29, 0.717) is 17.5 Å². The summed E-state index contributed by atoms with van der Waals surface area (Å²) in [6.07, 6.45) is 0. The fourth-order valence-corrected chi connectivity index (χ4v) is 8.06. The highest BCUT2D eigenvalue weighted by Crippen LogP contribution is 2.42. The lowest BCUT2D eigenvalue weighted by atomic mass is 9.97. The number of furan rings is 1. The third-order valence-corrected chi connectivity index (χ3v) is 10.7. The molecule has 0 fully saturated rings. The molecule has 11 aromatic rings. The van der Waals surface area contributed by atoms with Crippen LogP contribution in [0.1, 0.15) is 0 Å². The van der Waals surface area contributed by atoms with Crippen LogP contribution in [0.25, 0.3) is 106 Å². The molecule has 5 heteroatoms. The van der Waals surface area contributed by atoms with Crippen molar-refractivity contribution in [3.63, 3.8) is 0 Å². The number of nitrogens with zero attached hydrogens (tertiary/aromatic N) is 4. The molecular weight excluding hydrogens is 685 g/mol. The van der Waals surface area contributed by atoms with Crippen molar-refractivity contribution in [1.82, 2.24) is 19.5 Å². The Morgan fingerprint density at radius 2 is 0.839 bits per heavy atom. The zero-order valence-electron chi connectivity index (χ0n) is 30.2. The maximum Gasteiger partial charge on any atom is 0.164 e. The minimum Gasteiger partial charge on any atom is -0.456 e. The van der Waals surface area contributed by atoms with Gasteiger partial charge in [-0.3, -0.25) is 0 Å². The molecule has 5 nitrogen and oxygen atoms in total. The van der Waals surface area contributed by atoms with Crippen LogP contribution in [-0.2, 0) is 0 Å². The predicted molar refractivity (Wildman–Crippen MR) is 229 cm³/mol. The Balaban J connectivity index is 1.09. The van der Waals surface area contributed by atoms with E-state index < -0.39 is 0 Å². The Morgan fingerprint density at radius 1 is 0.339 bits per heavy atom. The molecule has 0 radical (unpaired) electrons. The van der Waals surface area contributed by atoms with Gasteiger partial charge in [0.15, 0.2) is 17.5 Å². The van der Waals surface area contributed by atoms with E-state index >= 15 is 0 Å². The summed E-state index contributed by atoms with van der Waals surface area (Å²) in [5, 5.41) is 4.51. The van der Waals surface area contributed by atoms with Crippen molar-refractivity contribution in [1.29, 1.82) is 0 Å². The number of para-hydroxylation sites is 3. The Hall–Kier alpha value is -7.63. The molecule has 3 aromatic heterocycles. The van der Waals surface area contributed by atoms with Gasteiger partial charge in [-0.1, -0.05) is 152 Å². The average molecular weight is 717 g/mol. The van der Waals surface area contributed by atoms with Crippen LogP contribution in [0.2, 0.25) is 0 Å². The van der Waals surface area contributed by atoms with Crippen molar-refractivity contribution in [3.05, 3.63) is 194 Å². The molecule has 3 heterocycles. The van der Waals surface area contributed by atoms with Crippen LogP contribution in [-0.4, -0.2) is 19.5 Å². The summed E-state index contributed by atoms with van der Waals surface area (Å²) in [5.41, 5.74) is 12.3. The molecule has 0 atom stereocenters. The second-order valence-electron chi connectivity index (χ2n) is 14.0. The first-order chi connectivity index (χ1) is 27.8. The summed E-state index contributed by atoms with van der Waals surface area (Å²) in [6.45, 7) is 0. The topological polar surface area (TPSA) is 56.7 Å². The molecular formula is C51H32N4O. The molecule has 0 aliphatic carbocycles. The summed E-state index contributed by atoms with van der Waals surface area (Å²) >= 11 is 0. The van der Waals surface area contributed by atoms with Gasteiger partial charge in [0.2, 0.25) is 0 Å². The highest BCUT2D eigenvalue weighted by molar-refractivity contribution is 6.15. The first-order valence-electron chi connectivity index (χ1n) is 18.8. The first-order valence-corrected chi connectivity index (χ1v) is 18.8. The van der Waals surface area contributed by atoms with Gasteiger partial charge in [0, 0.05) is 43.8 Å². The average Bonchev–Trinajstić information content (AvgIpc) is 3.82. The second kappa shape index (κ2) is 13.0. The molecule has 56 heavy (non-hydrogen) atoms. The molecule has 0 aliphatic rings. The van der Waals surface area contributed by atoms with Crippen molar-refractivity contribution in [3.8, 4) is 62.1 Å². The van der Waals surface area contributed by atoms with Crippen molar-refractivity contribution < 1.29 is 4.42 Å². The van der Waals surface area contributed by atoms with E-state index in [0.717, 1.165) is 66.6 Å². The molecule has 0 saturated heterocycles. The predicted octanol–water partition coefficient (Wildman–Crippen LogP) is 13.2. The molecule has 262 valence electrons. The zero-order chi connectivity index (χ0) is 37.0. The van der Waals surface area contributed by atoms with Gasteiger partial charge in [0.25, 0.3) is 0 Å². The van der Waals surface area contributed by atoms with Crippen LogP contribution in [0.15, 0.2) is 199 Å². The SMILES string of the molecule is c1ccc(-c2ccc(-c3nc(-c4ccccc4)nc(-c4ccc5oc6cccc(-c7ccccc7-n7c8ccccc8c8ccccc87)c6c5c4)n3)cc2)cc1. The maximum absolute atomic E-state index is 6.55. The standard InChI is InChI=1S/C51H32N4O/c1-3-14-33(15-4-1)34-26-28-36(29-27-34)50-52-49(35-16-5-2-6-17-35)53-51(54-50)37-30-31-46-42(32-37)48-41(21-13-25-47(48)56-46)40-20-9-12-24-45(40)55-43-22-10-7-18-38(43)39-19-8-11-23-44(39)55/h1-32H. The molecule has 0 amide bonds. The van der Waals surface area contributed by atoms with Crippen LogP contribution in [0.4, 0.5) is 0 Å². The maximum atomic E-state index is 6.55. The number of hydrogen-bond donors (Lipinski definition) is 0. The van der Waals surface area contributed by atoms with Gasteiger partial charge >= 0.3 is 0 Å².